The normalized spacial score (nSPS) is 12.2. The Kier molecular flexibility index (Phi) is 5.57. The number of hydrogen-bond donors (Lipinski definition) is 1. The van der Waals surface area contributed by atoms with Crippen molar-refractivity contribution in [2.24, 2.45) is 0 Å². The number of nitrogens with zero attached hydrogens (tertiary/aromatic N) is 4. The number of halogens is 3. The Bertz CT molecular complexity index is 1390. The van der Waals surface area contributed by atoms with Crippen LogP contribution >= 0.6 is 0 Å². The van der Waals surface area contributed by atoms with Crippen LogP contribution in [0, 0.1) is 0 Å². The molecule has 0 atom stereocenters. The van der Waals surface area contributed by atoms with Gasteiger partial charge in [-0.2, -0.15) is 18.3 Å². The standard InChI is InChI=1S/C20H16F3N5O3S/c1-31-16-4-2-3-13(7-16)9-26-32(29,30)19-12-25-18-6-5-17(27-28(18)19)14-8-15(11-24-10-14)20(21,22)23/h2-8,10-12,26H,9H2,1H3. The smallest absolute Gasteiger partial charge is 0.417 e. The van der Waals surface area contributed by atoms with Crippen LogP contribution < -0.4 is 9.46 Å². The molecule has 1 N–H and O–H groups in total. The van der Waals surface area contributed by atoms with Crippen LogP contribution in [0.3, 0.4) is 0 Å². The van der Waals surface area contributed by atoms with E-state index in [2.05, 4.69) is 19.8 Å². The lowest BCUT2D eigenvalue weighted by atomic mass is 10.1. The maximum absolute atomic E-state index is 13.0. The number of ether oxygens (including phenoxy) is 1. The van der Waals surface area contributed by atoms with E-state index in [1.54, 1.807) is 24.3 Å². The third-order valence-electron chi connectivity index (χ3n) is 4.57. The fourth-order valence-corrected chi connectivity index (χ4v) is 4.02. The number of hydrogen-bond acceptors (Lipinski definition) is 6. The average molecular weight is 463 g/mol. The van der Waals surface area contributed by atoms with Gasteiger partial charge in [0.1, 0.15) is 5.75 Å². The van der Waals surface area contributed by atoms with Gasteiger partial charge in [-0.25, -0.2) is 22.6 Å². The van der Waals surface area contributed by atoms with Crippen molar-refractivity contribution >= 4 is 15.7 Å². The van der Waals surface area contributed by atoms with Crippen LogP contribution in [0.15, 0.2) is 66.1 Å². The number of benzene rings is 1. The van der Waals surface area contributed by atoms with Crippen molar-refractivity contribution in [2.75, 3.05) is 7.11 Å². The summed E-state index contributed by atoms with van der Waals surface area (Å²) < 4.78 is 73.4. The highest BCUT2D eigenvalue weighted by atomic mass is 32.2. The Morgan fingerprint density at radius 1 is 1.09 bits per heavy atom. The fraction of sp³-hybridized carbons (Fsp3) is 0.150. The highest BCUT2D eigenvalue weighted by Gasteiger charge is 2.31. The summed E-state index contributed by atoms with van der Waals surface area (Å²) in [5.41, 5.74) is 0.151. The summed E-state index contributed by atoms with van der Waals surface area (Å²) >= 11 is 0. The predicted octanol–water partition coefficient (Wildman–Crippen LogP) is 3.30. The van der Waals surface area contributed by atoms with Gasteiger partial charge in [0, 0.05) is 24.5 Å². The van der Waals surface area contributed by atoms with Crippen LogP contribution in [0.4, 0.5) is 13.2 Å². The van der Waals surface area contributed by atoms with Crippen LogP contribution in [-0.4, -0.2) is 35.1 Å². The Labute approximate surface area is 180 Å². The second kappa shape index (κ2) is 8.20. The number of pyridine rings is 1. The zero-order valence-corrected chi connectivity index (χ0v) is 17.4. The van der Waals surface area contributed by atoms with Gasteiger partial charge in [0.2, 0.25) is 0 Å². The molecule has 1 aromatic carbocycles. The molecule has 0 aliphatic carbocycles. The molecule has 0 amide bonds. The molecule has 0 radical (unpaired) electrons. The molecule has 166 valence electrons. The van der Waals surface area contributed by atoms with Crippen molar-refractivity contribution in [1.82, 2.24) is 24.3 Å². The van der Waals surface area contributed by atoms with E-state index < -0.39 is 21.8 Å². The summed E-state index contributed by atoms with van der Waals surface area (Å²) in [6.07, 6.45) is -1.52. The second-order valence-corrected chi connectivity index (χ2v) is 8.43. The molecule has 0 spiro atoms. The Morgan fingerprint density at radius 2 is 1.91 bits per heavy atom. The van der Waals surface area contributed by atoms with E-state index >= 15 is 0 Å². The maximum atomic E-state index is 13.0. The van der Waals surface area contributed by atoms with Crippen molar-refractivity contribution in [2.45, 2.75) is 17.7 Å². The molecular formula is C20H16F3N5O3S. The van der Waals surface area contributed by atoms with Crippen molar-refractivity contribution in [3.63, 3.8) is 0 Å². The highest BCUT2D eigenvalue weighted by molar-refractivity contribution is 7.89. The molecule has 4 rings (SSSR count). The number of rotatable bonds is 6. The number of alkyl halides is 3. The number of aromatic nitrogens is 4. The summed E-state index contributed by atoms with van der Waals surface area (Å²) in [5, 5.41) is 3.93. The topological polar surface area (TPSA) is 98.5 Å². The highest BCUT2D eigenvalue weighted by Crippen LogP contribution is 2.31. The maximum Gasteiger partial charge on any atom is 0.417 e. The minimum absolute atomic E-state index is 0.00992. The monoisotopic (exact) mass is 463 g/mol. The molecule has 4 aromatic rings. The molecule has 32 heavy (non-hydrogen) atoms. The molecule has 0 bridgehead atoms. The van der Waals surface area contributed by atoms with Crippen molar-refractivity contribution in [3.05, 3.63) is 72.2 Å². The molecule has 3 aromatic heterocycles. The van der Waals surface area contributed by atoms with Gasteiger partial charge in [-0.1, -0.05) is 12.1 Å². The summed E-state index contributed by atoms with van der Waals surface area (Å²) in [6.45, 7) is -0.00992. The molecule has 0 aliphatic rings. The molecule has 3 heterocycles. The van der Waals surface area contributed by atoms with Crippen LogP contribution in [-0.2, 0) is 22.7 Å². The van der Waals surface area contributed by atoms with Crippen molar-refractivity contribution in [3.8, 4) is 17.0 Å². The van der Waals surface area contributed by atoms with Crippen LogP contribution in [0.5, 0.6) is 5.75 Å². The molecule has 0 unspecified atom stereocenters. The van der Waals surface area contributed by atoms with Crippen LogP contribution in [0.1, 0.15) is 11.1 Å². The third-order valence-corrected chi connectivity index (χ3v) is 5.92. The minimum Gasteiger partial charge on any atom is -0.497 e. The van der Waals surface area contributed by atoms with Gasteiger partial charge in [-0.05, 0) is 35.9 Å². The van der Waals surface area contributed by atoms with Gasteiger partial charge < -0.3 is 4.74 Å². The molecule has 8 nitrogen and oxygen atoms in total. The Morgan fingerprint density at radius 3 is 2.66 bits per heavy atom. The van der Waals surface area contributed by atoms with E-state index in [1.165, 1.54) is 25.4 Å². The van der Waals surface area contributed by atoms with E-state index in [9.17, 15) is 21.6 Å². The first-order chi connectivity index (χ1) is 15.2. The van der Waals surface area contributed by atoms with Crippen LogP contribution in [0.25, 0.3) is 16.9 Å². The molecule has 0 saturated carbocycles. The lowest BCUT2D eigenvalue weighted by Crippen LogP contribution is -2.25. The minimum atomic E-state index is -4.57. The van der Waals surface area contributed by atoms with Gasteiger partial charge in [0.05, 0.1) is 24.6 Å². The number of sulfonamides is 1. The number of fused-ring (bicyclic) bond motifs is 1. The van der Waals surface area contributed by atoms with Gasteiger partial charge >= 0.3 is 6.18 Å². The second-order valence-electron chi connectivity index (χ2n) is 6.72. The molecule has 0 aliphatic heterocycles. The summed E-state index contributed by atoms with van der Waals surface area (Å²) in [5.74, 6) is 0.581. The first-order valence-electron chi connectivity index (χ1n) is 9.17. The largest absolute Gasteiger partial charge is 0.497 e. The van der Waals surface area contributed by atoms with Gasteiger partial charge in [0.25, 0.3) is 10.0 Å². The van der Waals surface area contributed by atoms with Crippen molar-refractivity contribution < 1.29 is 26.3 Å². The quantitative estimate of drug-likeness (QED) is 0.471. The summed E-state index contributed by atoms with van der Waals surface area (Å²) in [6, 6.07) is 10.7. The van der Waals surface area contributed by atoms with E-state index in [0.29, 0.717) is 17.5 Å². The van der Waals surface area contributed by atoms with Crippen LogP contribution in [0.2, 0.25) is 0 Å². The van der Waals surface area contributed by atoms with Crippen molar-refractivity contribution in [1.29, 1.82) is 0 Å². The average Bonchev–Trinajstić information content (AvgIpc) is 3.22. The fourth-order valence-electron chi connectivity index (χ4n) is 2.96. The number of imidazole rings is 1. The van der Waals surface area contributed by atoms with E-state index in [0.717, 1.165) is 16.8 Å². The summed E-state index contributed by atoms with van der Waals surface area (Å²) in [4.78, 5) is 7.64. The van der Waals surface area contributed by atoms with Gasteiger partial charge in [0.15, 0.2) is 10.7 Å². The van der Waals surface area contributed by atoms with E-state index in [-0.39, 0.29) is 28.5 Å². The van der Waals surface area contributed by atoms with Gasteiger partial charge in [-0.15, -0.1) is 0 Å². The summed E-state index contributed by atoms with van der Waals surface area (Å²) in [7, 11) is -2.54. The molecule has 0 saturated heterocycles. The van der Waals surface area contributed by atoms with E-state index in [1.807, 2.05) is 0 Å². The molecule has 12 heteroatoms. The zero-order valence-electron chi connectivity index (χ0n) is 16.5. The first-order valence-corrected chi connectivity index (χ1v) is 10.7. The lowest BCUT2D eigenvalue weighted by Gasteiger charge is -2.09. The predicted molar refractivity (Wildman–Crippen MR) is 108 cm³/mol. The molecular weight excluding hydrogens is 447 g/mol. The Balaban J connectivity index is 1.66. The van der Waals surface area contributed by atoms with E-state index in [4.69, 9.17) is 4.74 Å². The zero-order chi connectivity index (χ0) is 22.9. The third kappa shape index (κ3) is 4.41. The van der Waals surface area contributed by atoms with Gasteiger partial charge in [-0.3, -0.25) is 4.98 Å². The number of nitrogens with one attached hydrogen (secondary N) is 1. The first kappa shape index (κ1) is 21.7. The Hall–Kier alpha value is -3.51. The molecule has 0 fully saturated rings. The SMILES string of the molecule is COc1cccc(CNS(=O)(=O)c2cnc3ccc(-c4cncc(C(F)(F)F)c4)nn23)c1. The number of methoxy groups -OCH3 is 1. The lowest BCUT2D eigenvalue weighted by molar-refractivity contribution is -0.137.